The van der Waals surface area contributed by atoms with Crippen molar-refractivity contribution in [3.63, 3.8) is 0 Å². The first kappa shape index (κ1) is 18.9. The number of carbonyl (C=O) groups excluding carboxylic acids is 1. The molecule has 6 nitrogen and oxygen atoms in total. The van der Waals surface area contributed by atoms with Gasteiger partial charge < -0.3 is 20.1 Å². The molecule has 0 spiro atoms. The highest BCUT2D eigenvalue weighted by molar-refractivity contribution is 5.94. The van der Waals surface area contributed by atoms with E-state index < -0.39 is 5.97 Å². The van der Waals surface area contributed by atoms with Crippen LogP contribution in [0.3, 0.4) is 0 Å². The van der Waals surface area contributed by atoms with Gasteiger partial charge in [-0.1, -0.05) is 12.1 Å². The van der Waals surface area contributed by atoms with Gasteiger partial charge in [-0.05, 0) is 55.8 Å². The summed E-state index contributed by atoms with van der Waals surface area (Å²) in [5.74, 6) is -0.911. The fourth-order valence-electron chi connectivity index (χ4n) is 3.23. The highest BCUT2D eigenvalue weighted by atomic mass is 16.5. The second kappa shape index (κ2) is 8.22. The van der Waals surface area contributed by atoms with E-state index in [9.17, 15) is 9.59 Å². The number of benzene rings is 2. The molecule has 1 heterocycles. The maximum Gasteiger partial charge on any atom is 0.335 e. The summed E-state index contributed by atoms with van der Waals surface area (Å²) in [5, 5.41) is 12.2. The fourth-order valence-corrected chi connectivity index (χ4v) is 3.23. The smallest absolute Gasteiger partial charge is 0.335 e. The molecule has 1 amide bonds. The highest BCUT2D eigenvalue weighted by Gasteiger charge is 2.26. The van der Waals surface area contributed by atoms with E-state index in [4.69, 9.17) is 9.84 Å². The first-order chi connectivity index (χ1) is 12.9. The maximum absolute atomic E-state index is 12.7. The topological polar surface area (TPSA) is 78.9 Å². The number of carbonyl (C=O) groups is 2. The van der Waals surface area contributed by atoms with Crippen molar-refractivity contribution in [2.45, 2.75) is 32.6 Å². The molecule has 6 heteroatoms. The Morgan fingerprint density at radius 1 is 1.00 bits per heavy atom. The van der Waals surface area contributed by atoms with Crippen LogP contribution in [0.5, 0.6) is 0 Å². The Labute approximate surface area is 158 Å². The molecule has 1 aliphatic heterocycles. The normalized spacial score (nSPS) is 19.6. The zero-order valence-electron chi connectivity index (χ0n) is 15.5. The number of rotatable bonds is 5. The molecule has 3 rings (SSSR count). The van der Waals surface area contributed by atoms with Crippen LogP contribution < -0.4 is 5.32 Å². The van der Waals surface area contributed by atoms with Crippen LogP contribution >= 0.6 is 0 Å². The fraction of sp³-hybridized carbons (Fsp3) is 0.333. The van der Waals surface area contributed by atoms with Crippen molar-refractivity contribution >= 4 is 17.6 Å². The summed E-state index contributed by atoms with van der Waals surface area (Å²) in [6.07, 6.45) is 0.0947. The Morgan fingerprint density at radius 2 is 1.56 bits per heavy atom. The summed E-state index contributed by atoms with van der Waals surface area (Å²) < 4.78 is 5.68. The number of morpholine rings is 1. The van der Waals surface area contributed by atoms with Gasteiger partial charge >= 0.3 is 5.97 Å². The summed E-state index contributed by atoms with van der Waals surface area (Å²) in [7, 11) is 0. The van der Waals surface area contributed by atoms with E-state index >= 15 is 0 Å². The van der Waals surface area contributed by atoms with E-state index in [1.807, 2.05) is 43.0 Å². The monoisotopic (exact) mass is 368 g/mol. The molecule has 1 saturated heterocycles. The number of nitrogens with zero attached hydrogens (tertiary/aromatic N) is 1. The van der Waals surface area contributed by atoms with Gasteiger partial charge in [0.15, 0.2) is 0 Å². The molecule has 0 bridgehead atoms. The molecule has 2 unspecified atom stereocenters. The molecule has 1 aliphatic rings. The molecule has 0 aliphatic carbocycles. The van der Waals surface area contributed by atoms with Crippen molar-refractivity contribution < 1.29 is 19.4 Å². The standard InChI is InChI=1S/C21H24N2O4/c1-14-12-23(13-15(2)27-14)20(24)17-7-9-19(10-8-17)22-11-16-3-5-18(6-4-16)21(25)26/h3-10,14-15,22H,11-13H2,1-2H3,(H,25,26). The van der Waals surface area contributed by atoms with Gasteiger partial charge in [0, 0.05) is 30.9 Å². The molecular weight excluding hydrogens is 344 g/mol. The van der Waals surface area contributed by atoms with Crippen LogP contribution in [0.25, 0.3) is 0 Å². The lowest BCUT2D eigenvalue weighted by Gasteiger charge is -2.35. The Kier molecular flexibility index (Phi) is 5.76. The molecule has 2 aromatic rings. The van der Waals surface area contributed by atoms with E-state index in [0.717, 1.165) is 11.3 Å². The Balaban J connectivity index is 1.58. The third-order valence-corrected chi connectivity index (χ3v) is 4.54. The van der Waals surface area contributed by atoms with E-state index in [1.165, 1.54) is 0 Å². The predicted octanol–water partition coefficient (Wildman–Crippen LogP) is 3.25. The van der Waals surface area contributed by atoms with Crippen LogP contribution in [0.2, 0.25) is 0 Å². The van der Waals surface area contributed by atoms with Crippen LogP contribution in [-0.4, -0.2) is 47.2 Å². The molecule has 2 N–H and O–H groups in total. The number of carboxylic acid groups (broad SMARTS) is 1. The van der Waals surface area contributed by atoms with Crippen molar-refractivity contribution in [1.82, 2.24) is 4.90 Å². The van der Waals surface area contributed by atoms with Gasteiger partial charge in [-0.15, -0.1) is 0 Å². The van der Waals surface area contributed by atoms with Gasteiger partial charge in [0.2, 0.25) is 0 Å². The molecular formula is C21H24N2O4. The average Bonchev–Trinajstić information content (AvgIpc) is 2.66. The molecule has 27 heavy (non-hydrogen) atoms. The second-order valence-electron chi connectivity index (χ2n) is 6.90. The third kappa shape index (κ3) is 4.86. The van der Waals surface area contributed by atoms with Crippen molar-refractivity contribution in [3.05, 3.63) is 65.2 Å². The van der Waals surface area contributed by atoms with Crippen LogP contribution in [0.15, 0.2) is 48.5 Å². The van der Waals surface area contributed by atoms with Crippen LogP contribution in [0.1, 0.15) is 40.1 Å². The minimum Gasteiger partial charge on any atom is -0.478 e. The Hall–Kier alpha value is -2.86. The number of hydrogen-bond acceptors (Lipinski definition) is 4. The summed E-state index contributed by atoms with van der Waals surface area (Å²) in [5.41, 5.74) is 2.81. The van der Waals surface area contributed by atoms with Gasteiger partial charge in [0.25, 0.3) is 5.91 Å². The van der Waals surface area contributed by atoms with Crippen molar-refractivity contribution in [2.24, 2.45) is 0 Å². The van der Waals surface area contributed by atoms with Crippen LogP contribution in [0, 0.1) is 0 Å². The summed E-state index contributed by atoms with van der Waals surface area (Å²) in [6, 6.07) is 14.2. The molecule has 0 aromatic heterocycles. The number of hydrogen-bond donors (Lipinski definition) is 2. The lowest BCUT2D eigenvalue weighted by Crippen LogP contribution is -2.48. The SMILES string of the molecule is CC1CN(C(=O)c2ccc(NCc3ccc(C(=O)O)cc3)cc2)CC(C)O1. The Morgan fingerprint density at radius 3 is 2.11 bits per heavy atom. The van der Waals surface area contributed by atoms with E-state index in [0.29, 0.717) is 25.2 Å². The summed E-state index contributed by atoms with van der Waals surface area (Å²) in [4.78, 5) is 25.4. The summed E-state index contributed by atoms with van der Waals surface area (Å²) >= 11 is 0. The number of carboxylic acids is 1. The quantitative estimate of drug-likeness (QED) is 0.847. The molecule has 0 radical (unpaired) electrons. The van der Waals surface area contributed by atoms with Crippen molar-refractivity contribution in [1.29, 1.82) is 0 Å². The highest BCUT2D eigenvalue weighted by Crippen LogP contribution is 2.17. The first-order valence-electron chi connectivity index (χ1n) is 9.03. The molecule has 2 aromatic carbocycles. The zero-order chi connectivity index (χ0) is 19.4. The molecule has 0 saturated carbocycles. The van der Waals surface area contributed by atoms with Gasteiger partial charge in [0.1, 0.15) is 0 Å². The van der Waals surface area contributed by atoms with E-state index in [2.05, 4.69) is 5.32 Å². The lowest BCUT2D eigenvalue weighted by atomic mass is 10.1. The van der Waals surface area contributed by atoms with E-state index in [1.54, 1.807) is 24.3 Å². The predicted molar refractivity (Wildman–Crippen MR) is 103 cm³/mol. The van der Waals surface area contributed by atoms with Gasteiger partial charge in [-0.25, -0.2) is 4.79 Å². The molecule has 2 atom stereocenters. The van der Waals surface area contributed by atoms with Crippen molar-refractivity contribution in [2.75, 3.05) is 18.4 Å². The molecule has 142 valence electrons. The van der Waals surface area contributed by atoms with Crippen molar-refractivity contribution in [3.8, 4) is 0 Å². The number of amides is 1. The van der Waals surface area contributed by atoms with E-state index in [-0.39, 0.29) is 23.7 Å². The maximum atomic E-state index is 12.7. The van der Waals surface area contributed by atoms with Crippen LogP contribution in [0.4, 0.5) is 5.69 Å². The zero-order valence-corrected chi connectivity index (χ0v) is 15.5. The number of nitrogens with one attached hydrogen (secondary N) is 1. The minimum atomic E-state index is -0.932. The molecule has 1 fully saturated rings. The minimum absolute atomic E-state index is 0.0211. The summed E-state index contributed by atoms with van der Waals surface area (Å²) in [6.45, 7) is 5.74. The average molecular weight is 368 g/mol. The van der Waals surface area contributed by atoms with Crippen LogP contribution in [-0.2, 0) is 11.3 Å². The lowest BCUT2D eigenvalue weighted by molar-refractivity contribution is -0.0586. The van der Waals surface area contributed by atoms with Gasteiger partial charge in [-0.2, -0.15) is 0 Å². The number of anilines is 1. The largest absolute Gasteiger partial charge is 0.478 e. The number of ether oxygens (including phenoxy) is 1. The van der Waals surface area contributed by atoms with Gasteiger partial charge in [0.05, 0.1) is 17.8 Å². The third-order valence-electron chi connectivity index (χ3n) is 4.54. The number of aromatic carboxylic acids is 1. The first-order valence-corrected chi connectivity index (χ1v) is 9.03. The Bertz CT molecular complexity index is 792. The second-order valence-corrected chi connectivity index (χ2v) is 6.90. The van der Waals surface area contributed by atoms with Gasteiger partial charge in [-0.3, -0.25) is 4.79 Å².